The first kappa shape index (κ1) is 19.4. The maximum absolute atomic E-state index is 13.2. The molecule has 27 heavy (non-hydrogen) atoms. The minimum Gasteiger partial charge on any atom is -0.368 e. The number of rotatable bonds is 5. The molecular weight excluding hydrogens is 425 g/mol. The second-order valence-corrected chi connectivity index (χ2v) is 7.35. The lowest BCUT2D eigenvalue weighted by Crippen LogP contribution is -2.38. The maximum Gasteiger partial charge on any atom is 0.416 e. The van der Waals surface area contributed by atoms with Gasteiger partial charge in [-0.05, 0) is 41.7 Å². The van der Waals surface area contributed by atoms with E-state index in [0.717, 1.165) is 6.07 Å². The number of nitrogens with two attached hydrogens (primary N) is 1. The molecule has 1 saturated carbocycles. The summed E-state index contributed by atoms with van der Waals surface area (Å²) in [5.41, 5.74) is 5.26. The van der Waals surface area contributed by atoms with Crippen molar-refractivity contribution in [3.63, 3.8) is 0 Å². The Hall–Kier alpha value is -2.35. The van der Waals surface area contributed by atoms with Gasteiger partial charge in [-0.1, -0.05) is 46.3 Å². The molecule has 4 nitrogen and oxygen atoms in total. The number of benzene rings is 2. The second-order valence-electron chi connectivity index (χ2n) is 6.43. The zero-order valence-electron chi connectivity index (χ0n) is 14.0. The monoisotopic (exact) mass is 440 g/mol. The van der Waals surface area contributed by atoms with E-state index in [9.17, 15) is 22.8 Å². The summed E-state index contributed by atoms with van der Waals surface area (Å²) in [5.74, 6) is -2.38. The molecule has 3 rings (SSSR count). The van der Waals surface area contributed by atoms with E-state index in [1.54, 1.807) is 24.3 Å². The van der Waals surface area contributed by atoms with Crippen molar-refractivity contribution in [2.45, 2.75) is 24.6 Å². The zero-order valence-corrected chi connectivity index (χ0v) is 15.5. The molecule has 0 heterocycles. The van der Waals surface area contributed by atoms with Crippen LogP contribution in [0.2, 0.25) is 0 Å². The van der Waals surface area contributed by atoms with Crippen LogP contribution in [0, 0.1) is 5.92 Å². The molecule has 2 aromatic carbocycles. The molecule has 3 atom stereocenters. The Balaban J connectivity index is 1.76. The number of amides is 2. The van der Waals surface area contributed by atoms with Crippen molar-refractivity contribution in [2.24, 2.45) is 11.7 Å². The summed E-state index contributed by atoms with van der Waals surface area (Å²) in [4.78, 5) is 24.3. The summed E-state index contributed by atoms with van der Waals surface area (Å²) < 4.78 is 40.2. The highest BCUT2D eigenvalue weighted by atomic mass is 79.9. The molecule has 2 amide bonds. The third-order valence-corrected chi connectivity index (χ3v) is 5.04. The lowest BCUT2D eigenvalue weighted by molar-refractivity contribution is -0.138. The number of carbonyl (C=O) groups excluding carboxylic acids is 2. The summed E-state index contributed by atoms with van der Waals surface area (Å²) in [6.45, 7) is 0. The Morgan fingerprint density at radius 2 is 1.85 bits per heavy atom. The van der Waals surface area contributed by atoms with Crippen molar-refractivity contribution in [3.8, 4) is 0 Å². The highest BCUT2D eigenvalue weighted by molar-refractivity contribution is 9.10. The van der Waals surface area contributed by atoms with Gasteiger partial charge in [-0.15, -0.1) is 0 Å². The molecule has 1 aliphatic carbocycles. The molecule has 0 aliphatic heterocycles. The fourth-order valence-corrected chi connectivity index (χ4v) is 3.58. The van der Waals surface area contributed by atoms with Gasteiger partial charge in [-0.3, -0.25) is 9.59 Å². The standard InChI is InChI=1S/C19H16BrF3N2O2/c20-11-5-3-4-10(8-11)16(17(24)26)25-18(27)14-9-13(14)12-6-1-2-7-15(12)19(21,22)23/h1-8,13-14,16H,9H2,(H2,24,26)(H,25,27)/t13-,14+,16-/m1/s1. The molecule has 1 fully saturated rings. The Labute approximate surface area is 162 Å². The van der Waals surface area contributed by atoms with Crippen molar-refractivity contribution in [2.75, 3.05) is 0 Å². The molecule has 0 saturated heterocycles. The van der Waals surface area contributed by atoms with Crippen LogP contribution in [-0.4, -0.2) is 11.8 Å². The van der Waals surface area contributed by atoms with Crippen LogP contribution in [0.4, 0.5) is 13.2 Å². The smallest absolute Gasteiger partial charge is 0.368 e. The highest BCUT2D eigenvalue weighted by Gasteiger charge is 2.48. The van der Waals surface area contributed by atoms with Crippen molar-refractivity contribution in [3.05, 3.63) is 69.7 Å². The summed E-state index contributed by atoms with van der Waals surface area (Å²) in [7, 11) is 0. The van der Waals surface area contributed by atoms with E-state index in [1.165, 1.54) is 18.2 Å². The van der Waals surface area contributed by atoms with E-state index in [1.807, 2.05) is 0 Å². The van der Waals surface area contributed by atoms with Gasteiger partial charge in [0.25, 0.3) is 0 Å². The highest BCUT2D eigenvalue weighted by Crippen LogP contribution is 2.51. The Morgan fingerprint density at radius 1 is 1.15 bits per heavy atom. The molecule has 0 unspecified atom stereocenters. The molecule has 0 spiro atoms. The third kappa shape index (κ3) is 4.32. The van der Waals surface area contributed by atoms with Crippen LogP contribution in [0.25, 0.3) is 0 Å². The van der Waals surface area contributed by atoms with Crippen LogP contribution < -0.4 is 11.1 Å². The third-order valence-electron chi connectivity index (χ3n) is 4.55. The molecule has 0 aromatic heterocycles. The van der Waals surface area contributed by atoms with Gasteiger partial charge >= 0.3 is 6.18 Å². The number of halogens is 4. The Kier molecular flexibility index (Phi) is 5.28. The fraction of sp³-hybridized carbons (Fsp3) is 0.263. The van der Waals surface area contributed by atoms with E-state index >= 15 is 0 Å². The summed E-state index contributed by atoms with van der Waals surface area (Å²) in [6, 6.07) is 10.9. The number of alkyl halides is 3. The first-order valence-electron chi connectivity index (χ1n) is 8.19. The van der Waals surface area contributed by atoms with E-state index in [2.05, 4.69) is 21.2 Å². The predicted molar refractivity (Wildman–Crippen MR) is 96.5 cm³/mol. The molecule has 1 aliphatic rings. The van der Waals surface area contributed by atoms with Gasteiger partial charge in [0.15, 0.2) is 0 Å². The molecule has 3 N–H and O–H groups in total. The normalized spacial score (nSPS) is 20.0. The average Bonchev–Trinajstić information content (AvgIpc) is 3.39. The van der Waals surface area contributed by atoms with Gasteiger partial charge in [0.05, 0.1) is 5.56 Å². The largest absolute Gasteiger partial charge is 0.416 e. The van der Waals surface area contributed by atoms with Gasteiger partial charge in [0.1, 0.15) is 6.04 Å². The number of carbonyl (C=O) groups is 2. The first-order valence-corrected chi connectivity index (χ1v) is 8.99. The van der Waals surface area contributed by atoms with Gasteiger partial charge in [0.2, 0.25) is 11.8 Å². The van der Waals surface area contributed by atoms with Crippen LogP contribution in [0.1, 0.15) is 35.1 Å². The molecule has 2 aromatic rings. The minimum atomic E-state index is -4.48. The second kappa shape index (κ2) is 7.34. The fourth-order valence-electron chi connectivity index (χ4n) is 3.16. The first-order chi connectivity index (χ1) is 12.7. The Bertz CT molecular complexity index is 885. The maximum atomic E-state index is 13.2. The van der Waals surface area contributed by atoms with Crippen molar-refractivity contribution >= 4 is 27.7 Å². The Morgan fingerprint density at radius 3 is 2.48 bits per heavy atom. The molecule has 8 heteroatoms. The quantitative estimate of drug-likeness (QED) is 0.739. The van der Waals surface area contributed by atoms with Crippen LogP contribution in [-0.2, 0) is 15.8 Å². The van der Waals surface area contributed by atoms with Crippen LogP contribution >= 0.6 is 15.9 Å². The average molecular weight is 441 g/mol. The van der Waals surface area contributed by atoms with Gasteiger partial charge in [0, 0.05) is 10.4 Å². The van der Waals surface area contributed by atoms with E-state index in [-0.39, 0.29) is 5.56 Å². The molecule has 0 radical (unpaired) electrons. The summed E-state index contributed by atoms with van der Waals surface area (Å²) in [6.07, 6.45) is -4.19. The number of hydrogen-bond donors (Lipinski definition) is 2. The van der Waals surface area contributed by atoms with E-state index < -0.39 is 41.4 Å². The van der Waals surface area contributed by atoms with Crippen molar-refractivity contribution in [1.82, 2.24) is 5.32 Å². The van der Waals surface area contributed by atoms with Crippen LogP contribution in [0.5, 0.6) is 0 Å². The lowest BCUT2D eigenvalue weighted by atomic mass is 10.0. The molecule has 142 valence electrons. The van der Waals surface area contributed by atoms with Crippen molar-refractivity contribution < 1.29 is 22.8 Å². The molecular formula is C19H16BrF3N2O2. The van der Waals surface area contributed by atoms with Crippen LogP contribution in [0.3, 0.4) is 0 Å². The van der Waals surface area contributed by atoms with E-state index in [0.29, 0.717) is 16.5 Å². The number of hydrogen-bond acceptors (Lipinski definition) is 2. The predicted octanol–water partition coefficient (Wildman–Crippen LogP) is 3.91. The summed E-state index contributed by atoms with van der Waals surface area (Å²) in [5, 5.41) is 2.56. The lowest BCUT2D eigenvalue weighted by Gasteiger charge is -2.17. The van der Waals surface area contributed by atoms with Gasteiger partial charge in [-0.2, -0.15) is 13.2 Å². The molecule has 0 bridgehead atoms. The SMILES string of the molecule is NC(=O)[C@H](NC(=O)[C@H]1C[C@@H]1c1ccccc1C(F)(F)F)c1cccc(Br)c1. The minimum absolute atomic E-state index is 0.100. The van der Waals surface area contributed by atoms with E-state index in [4.69, 9.17) is 5.73 Å². The summed E-state index contributed by atoms with van der Waals surface area (Å²) >= 11 is 3.28. The zero-order chi connectivity index (χ0) is 19.8. The van der Waals surface area contributed by atoms with Gasteiger partial charge in [-0.25, -0.2) is 0 Å². The van der Waals surface area contributed by atoms with Gasteiger partial charge < -0.3 is 11.1 Å². The number of nitrogens with one attached hydrogen (secondary N) is 1. The topological polar surface area (TPSA) is 72.2 Å². The van der Waals surface area contributed by atoms with Crippen LogP contribution in [0.15, 0.2) is 53.0 Å². The number of primary amides is 1. The van der Waals surface area contributed by atoms with Crippen molar-refractivity contribution in [1.29, 1.82) is 0 Å².